The summed E-state index contributed by atoms with van der Waals surface area (Å²) in [5.74, 6) is 1.80. The molecule has 3 rings (SSSR count). The first kappa shape index (κ1) is 18.9. The molecule has 6 nitrogen and oxygen atoms in total. The van der Waals surface area contributed by atoms with Crippen LogP contribution in [0.3, 0.4) is 0 Å². The highest BCUT2D eigenvalue weighted by Gasteiger charge is 2.11. The third kappa shape index (κ3) is 4.47. The lowest BCUT2D eigenvalue weighted by atomic mass is 10.1. The van der Waals surface area contributed by atoms with Crippen molar-refractivity contribution >= 4 is 38.7 Å². The Hall–Kier alpha value is -2.85. The first-order valence-corrected chi connectivity index (χ1v) is 9.38. The van der Waals surface area contributed by atoms with Crippen LogP contribution in [0, 0.1) is 11.3 Å². The van der Waals surface area contributed by atoms with Crippen LogP contribution in [-0.2, 0) is 0 Å². The number of unbranched alkanes of at least 4 members (excludes halogenated alkanes) is 1. The molecule has 2 aromatic heterocycles. The number of H-pyrrole nitrogens is 1. The number of aromatic amines is 1. The number of fused-ring (bicyclic) bond motifs is 1. The van der Waals surface area contributed by atoms with Crippen LogP contribution in [0.25, 0.3) is 22.8 Å². The van der Waals surface area contributed by atoms with Gasteiger partial charge in [-0.15, -0.1) is 0 Å². The van der Waals surface area contributed by atoms with E-state index in [9.17, 15) is 5.26 Å². The van der Waals surface area contributed by atoms with Gasteiger partial charge < -0.3 is 14.5 Å². The standard InChI is InChI=1S/C20H19BrN4O2/c1-3-4-7-27-17-6-5-13(9-18(17)26-2)8-14(11-22)19-24-16-10-15(21)12-23-20(16)25-19/h5-6,8-10,12H,3-4,7H2,1-2H3,(H,23,24,25)/b14-8-. The van der Waals surface area contributed by atoms with E-state index in [2.05, 4.69) is 43.9 Å². The Bertz CT molecular complexity index is 1020. The number of methoxy groups -OCH3 is 1. The summed E-state index contributed by atoms with van der Waals surface area (Å²) in [6.07, 6.45) is 5.48. The molecule has 0 amide bonds. The molecular weight excluding hydrogens is 408 g/mol. The minimum absolute atomic E-state index is 0.408. The minimum Gasteiger partial charge on any atom is -0.493 e. The number of ether oxygens (including phenoxy) is 2. The lowest BCUT2D eigenvalue weighted by molar-refractivity contribution is 0.288. The number of aromatic nitrogens is 3. The van der Waals surface area contributed by atoms with Crippen molar-refractivity contribution in [3.63, 3.8) is 0 Å². The van der Waals surface area contributed by atoms with E-state index in [1.807, 2.05) is 24.3 Å². The quantitative estimate of drug-likeness (QED) is 0.425. The maximum atomic E-state index is 9.58. The second-order valence-electron chi connectivity index (χ2n) is 5.89. The topological polar surface area (TPSA) is 83.8 Å². The highest BCUT2D eigenvalue weighted by molar-refractivity contribution is 9.10. The van der Waals surface area contributed by atoms with Gasteiger partial charge in [-0.3, -0.25) is 0 Å². The third-order valence-corrected chi connectivity index (χ3v) is 4.37. The number of hydrogen-bond acceptors (Lipinski definition) is 5. The number of rotatable bonds is 7. The maximum absolute atomic E-state index is 9.58. The smallest absolute Gasteiger partial charge is 0.178 e. The lowest BCUT2D eigenvalue weighted by Gasteiger charge is -2.11. The van der Waals surface area contributed by atoms with Crippen LogP contribution in [0.2, 0.25) is 0 Å². The number of allylic oxidation sites excluding steroid dienone is 1. The Balaban J connectivity index is 1.91. The Morgan fingerprint density at radius 3 is 2.93 bits per heavy atom. The number of nitriles is 1. The summed E-state index contributed by atoms with van der Waals surface area (Å²) in [6.45, 7) is 2.76. The zero-order valence-electron chi connectivity index (χ0n) is 15.1. The summed E-state index contributed by atoms with van der Waals surface area (Å²) in [7, 11) is 1.60. The van der Waals surface area contributed by atoms with Crippen LogP contribution in [-0.4, -0.2) is 28.7 Å². The molecule has 0 saturated carbocycles. The number of benzene rings is 1. The molecule has 0 bridgehead atoms. The van der Waals surface area contributed by atoms with E-state index in [-0.39, 0.29) is 0 Å². The predicted octanol–water partition coefficient (Wildman–Crippen LogP) is 4.97. The van der Waals surface area contributed by atoms with E-state index in [0.29, 0.717) is 35.2 Å². The monoisotopic (exact) mass is 426 g/mol. The van der Waals surface area contributed by atoms with Gasteiger partial charge in [0.15, 0.2) is 23.0 Å². The number of hydrogen-bond donors (Lipinski definition) is 1. The van der Waals surface area contributed by atoms with Gasteiger partial charge in [0.2, 0.25) is 0 Å². The van der Waals surface area contributed by atoms with Gasteiger partial charge in [0.1, 0.15) is 6.07 Å². The van der Waals surface area contributed by atoms with Crippen molar-refractivity contribution in [1.29, 1.82) is 5.26 Å². The van der Waals surface area contributed by atoms with Gasteiger partial charge in [-0.25, -0.2) is 9.97 Å². The van der Waals surface area contributed by atoms with Gasteiger partial charge >= 0.3 is 0 Å². The summed E-state index contributed by atoms with van der Waals surface area (Å²) in [4.78, 5) is 11.8. The number of nitrogens with one attached hydrogen (secondary N) is 1. The van der Waals surface area contributed by atoms with Crippen LogP contribution in [0.15, 0.2) is 34.9 Å². The van der Waals surface area contributed by atoms with Crippen molar-refractivity contribution in [1.82, 2.24) is 15.0 Å². The SMILES string of the molecule is CCCCOc1ccc(/C=C(/C#N)c2nc3ncc(Br)cc3[nH]2)cc1OC. The van der Waals surface area contributed by atoms with Crippen LogP contribution in [0.5, 0.6) is 11.5 Å². The van der Waals surface area contributed by atoms with Crippen LogP contribution in [0.4, 0.5) is 0 Å². The molecule has 0 radical (unpaired) electrons. The summed E-state index contributed by atoms with van der Waals surface area (Å²) in [5.41, 5.74) is 2.55. The number of nitrogens with zero attached hydrogens (tertiary/aromatic N) is 3. The summed E-state index contributed by atoms with van der Waals surface area (Å²) >= 11 is 3.38. The van der Waals surface area contributed by atoms with E-state index < -0.39 is 0 Å². The normalized spacial score (nSPS) is 11.4. The largest absolute Gasteiger partial charge is 0.493 e. The Labute approximate surface area is 166 Å². The van der Waals surface area contributed by atoms with Gasteiger partial charge in [-0.1, -0.05) is 19.4 Å². The van der Waals surface area contributed by atoms with E-state index in [1.54, 1.807) is 19.4 Å². The molecule has 0 fully saturated rings. The Kier molecular flexibility index (Phi) is 6.09. The molecule has 0 unspecified atom stereocenters. The van der Waals surface area contributed by atoms with Crippen molar-refractivity contribution in [3.05, 3.63) is 46.3 Å². The molecule has 0 aliphatic heterocycles. The second kappa shape index (κ2) is 8.69. The zero-order chi connectivity index (χ0) is 19.2. The van der Waals surface area contributed by atoms with Gasteiger partial charge in [-0.05, 0) is 52.2 Å². The number of imidazole rings is 1. The summed E-state index contributed by atoms with van der Waals surface area (Å²) in [5, 5.41) is 9.58. The Morgan fingerprint density at radius 1 is 1.33 bits per heavy atom. The molecule has 0 spiro atoms. The van der Waals surface area contributed by atoms with Crippen molar-refractivity contribution in [3.8, 4) is 17.6 Å². The van der Waals surface area contributed by atoms with Crippen molar-refractivity contribution in [2.45, 2.75) is 19.8 Å². The average Bonchev–Trinajstić information content (AvgIpc) is 3.09. The number of pyridine rings is 1. The molecule has 3 aromatic rings. The predicted molar refractivity (Wildman–Crippen MR) is 108 cm³/mol. The fourth-order valence-corrected chi connectivity index (χ4v) is 2.87. The zero-order valence-corrected chi connectivity index (χ0v) is 16.7. The molecule has 0 aliphatic carbocycles. The van der Waals surface area contributed by atoms with Crippen LogP contribution >= 0.6 is 15.9 Å². The molecular formula is C20H19BrN4O2. The van der Waals surface area contributed by atoms with Gasteiger partial charge in [0.25, 0.3) is 0 Å². The van der Waals surface area contributed by atoms with E-state index in [1.165, 1.54) is 0 Å². The van der Waals surface area contributed by atoms with Gasteiger partial charge in [0, 0.05) is 10.7 Å². The Morgan fingerprint density at radius 2 is 2.19 bits per heavy atom. The van der Waals surface area contributed by atoms with E-state index in [4.69, 9.17) is 9.47 Å². The van der Waals surface area contributed by atoms with E-state index >= 15 is 0 Å². The van der Waals surface area contributed by atoms with Crippen LogP contribution < -0.4 is 9.47 Å². The molecule has 0 atom stereocenters. The highest BCUT2D eigenvalue weighted by Crippen LogP contribution is 2.30. The third-order valence-electron chi connectivity index (χ3n) is 3.93. The molecule has 0 saturated heterocycles. The summed E-state index contributed by atoms with van der Waals surface area (Å²) < 4.78 is 12.0. The average molecular weight is 427 g/mol. The molecule has 138 valence electrons. The maximum Gasteiger partial charge on any atom is 0.178 e. The molecule has 27 heavy (non-hydrogen) atoms. The fraction of sp³-hybridized carbons (Fsp3) is 0.250. The van der Waals surface area contributed by atoms with Crippen molar-refractivity contribution < 1.29 is 9.47 Å². The van der Waals surface area contributed by atoms with E-state index in [0.717, 1.165) is 28.4 Å². The first-order valence-electron chi connectivity index (χ1n) is 8.59. The van der Waals surface area contributed by atoms with Gasteiger partial charge in [0.05, 0.1) is 24.8 Å². The van der Waals surface area contributed by atoms with Crippen LogP contribution in [0.1, 0.15) is 31.2 Å². The van der Waals surface area contributed by atoms with Crippen molar-refractivity contribution in [2.24, 2.45) is 0 Å². The second-order valence-corrected chi connectivity index (χ2v) is 6.81. The molecule has 2 heterocycles. The molecule has 7 heteroatoms. The molecule has 1 aromatic carbocycles. The minimum atomic E-state index is 0.408. The number of halogens is 1. The van der Waals surface area contributed by atoms with Gasteiger partial charge in [-0.2, -0.15) is 5.26 Å². The van der Waals surface area contributed by atoms with Crippen molar-refractivity contribution in [2.75, 3.05) is 13.7 Å². The first-order chi connectivity index (χ1) is 13.1. The highest BCUT2D eigenvalue weighted by atomic mass is 79.9. The molecule has 0 aliphatic rings. The summed E-state index contributed by atoms with van der Waals surface area (Å²) in [6, 6.07) is 9.65. The molecule has 1 N–H and O–H groups in total. The fourth-order valence-electron chi connectivity index (χ4n) is 2.54. The lowest BCUT2D eigenvalue weighted by Crippen LogP contribution is -1.99.